The summed E-state index contributed by atoms with van der Waals surface area (Å²) in [6.07, 6.45) is -2.42. The third-order valence-corrected chi connectivity index (χ3v) is 9.60. The molecule has 7 nitrogen and oxygen atoms in total. The molecular weight excluding hydrogens is 400 g/mol. The lowest BCUT2D eigenvalue weighted by Crippen LogP contribution is -2.77. The number of rotatable bonds is 2. The van der Waals surface area contributed by atoms with Crippen molar-refractivity contribution in [2.45, 2.75) is 96.9 Å². The first-order valence-corrected chi connectivity index (χ1v) is 11.4. The van der Waals surface area contributed by atoms with E-state index >= 15 is 0 Å². The summed E-state index contributed by atoms with van der Waals surface area (Å²) in [6, 6.07) is 0. The van der Waals surface area contributed by atoms with Crippen LogP contribution in [-0.2, 0) is 14.3 Å². The lowest BCUT2D eigenvalue weighted by molar-refractivity contribution is -0.345. The largest absolute Gasteiger partial charge is 0.454 e. The molecule has 1 saturated heterocycles. The molecule has 1 aliphatic heterocycles. The highest BCUT2D eigenvalue weighted by Crippen LogP contribution is 2.70. The third kappa shape index (κ3) is 2.61. The molecule has 4 N–H and O–H groups in total. The Morgan fingerprint density at radius 3 is 2.32 bits per heavy atom. The Bertz CT molecular complexity index is 815. The monoisotopic (exact) mass is 438 g/mol. The minimum Gasteiger partial charge on any atom is -0.454 e. The van der Waals surface area contributed by atoms with Gasteiger partial charge in [0.1, 0.15) is 6.10 Å². The molecule has 0 aromatic rings. The van der Waals surface area contributed by atoms with Gasteiger partial charge >= 0.3 is 5.97 Å². The second-order valence-electron chi connectivity index (χ2n) is 11.3. The summed E-state index contributed by atoms with van der Waals surface area (Å²) < 4.78 is 11.8. The predicted octanol–water partition coefficient (Wildman–Crippen LogP) is 1.56. The summed E-state index contributed by atoms with van der Waals surface area (Å²) in [5, 5.41) is 45.6. The minimum absolute atomic E-state index is 0.193. The first-order valence-electron chi connectivity index (χ1n) is 11.4. The molecule has 7 heteroatoms. The van der Waals surface area contributed by atoms with Gasteiger partial charge in [-0.2, -0.15) is 0 Å². The highest BCUT2D eigenvalue weighted by molar-refractivity contribution is 5.67. The number of hydrogen-bond acceptors (Lipinski definition) is 7. The first-order chi connectivity index (χ1) is 14.2. The number of hydrogen-bond donors (Lipinski definition) is 4. The minimum atomic E-state index is -1.22. The second-order valence-corrected chi connectivity index (χ2v) is 11.3. The van der Waals surface area contributed by atoms with Gasteiger partial charge in [0.2, 0.25) is 0 Å². The number of esters is 1. The van der Waals surface area contributed by atoms with Crippen molar-refractivity contribution in [2.24, 2.45) is 28.6 Å². The number of aliphatic hydroxyl groups excluding tert-OH is 3. The summed E-state index contributed by atoms with van der Waals surface area (Å²) in [7, 11) is 0. The van der Waals surface area contributed by atoms with Crippen LogP contribution in [0, 0.1) is 28.6 Å². The van der Waals surface area contributed by atoms with E-state index < -0.39 is 64.3 Å². The number of fused-ring (bicyclic) bond motifs is 4. The summed E-state index contributed by atoms with van der Waals surface area (Å²) in [4.78, 5) is 12.2. The molecule has 4 rings (SSSR count). The van der Waals surface area contributed by atoms with Crippen molar-refractivity contribution in [3.8, 4) is 0 Å². The van der Waals surface area contributed by atoms with Gasteiger partial charge in [0.25, 0.3) is 0 Å². The maximum atomic E-state index is 12.2. The fourth-order valence-corrected chi connectivity index (χ4v) is 8.30. The van der Waals surface area contributed by atoms with Crippen LogP contribution >= 0.6 is 0 Å². The molecule has 1 heterocycles. The van der Waals surface area contributed by atoms with Crippen LogP contribution in [0.5, 0.6) is 0 Å². The lowest BCUT2D eigenvalue weighted by Gasteiger charge is -2.65. The van der Waals surface area contributed by atoms with Crippen LogP contribution < -0.4 is 0 Å². The maximum Gasteiger partial charge on any atom is 0.303 e. The maximum absolute atomic E-state index is 12.2. The van der Waals surface area contributed by atoms with Gasteiger partial charge in [-0.15, -0.1) is 0 Å². The van der Waals surface area contributed by atoms with E-state index in [1.807, 2.05) is 27.7 Å². The smallest absolute Gasteiger partial charge is 0.303 e. The van der Waals surface area contributed by atoms with Crippen LogP contribution in [0.15, 0.2) is 11.1 Å². The van der Waals surface area contributed by atoms with Crippen molar-refractivity contribution in [1.82, 2.24) is 0 Å². The highest BCUT2D eigenvalue weighted by atomic mass is 16.6. The Kier molecular flexibility index (Phi) is 5.06. The molecule has 0 amide bonds. The Morgan fingerprint density at radius 1 is 1.23 bits per heavy atom. The van der Waals surface area contributed by atoms with Gasteiger partial charge < -0.3 is 29.9 Å². The van der Waals surface area contributed by atoms with Crippen molar-refractivity contribution < 1.29 is 34.7 Å². The van der Waals surface area contributed by atoms with Crippen molar-refractivity contribution >= 4 is 5.97 Å². The summed E-state index contributed by atoms with van der Waals surface area (Å²) in [6.45, 7) is 12.7. The highest BCUT2D eigenvalue weighted by Gasteiger charge is 2.76. The van der Waals surface area contributed by atoms with Crippen LogP contribution in [-0.4, -0.2) is 68.6 Å². The summed E-state index contributed by atoms with van der Waals surface area (Å²) in [5.74, 6) is -1.63. The Morgan fingerprint density at radius 2 is 1.84 bits per heavy atom. The SMILES string of the molecule is CC(=O)O[C@@]12COC1C[C@H](O)[C@@]1(C)[C@@H](O)[C@@H](C)C3=C(C)[C@@H](O)C[C@@]3(C(C)(C)O)[C@@H](C)[C@@H]12. The van der Waals surface area contributed by atoms with Crippen LogP contribution in [0.25, 0.3) is 0 Å². The zero-order valence-electron chi connectivity index (χ0n) is 19.7. The van der Waals surface area contributed by atoms with Gasteiger partial charge in [-0.3, -0.25) is 4.79 Å². The average molecular weight is 439 g/mol. The zero-order chi connectivity index (χ0) is 23.3. The van der Waals surface area contributed by atoms with Crippen LogP contribution in [0.1, 0.15) is 61.3 Å². The number of ether oxygens (including phenoxy) is 2. The Hall–Kier alpha value is -0.990. The van der Waals surface area contributed by atoms with E-state index in [4.69, 9.17) is 9.47 Å². The molecule has 4 aliphatic rings. The van der Waals surface area contributed by atoms with E-state index in [2.05, 4.69) is 0 Å². The van der Waals surface area contributed by atoms with E-state index in [-0.39, 0.29) is 18.9 Å². The molecule has 0 aromatic heterocycles. The van der Waals surface area contributed by atoms with E-state index in [0.717, 1.165) is 11.1 Å². The number of carbonyl (C=O) groups excluding carboxylic acids is 1. The van der Waals surface area contributed by atoms with Gasteiger partial charge in [0, 0.05) is 36.0 Å². The number of carbonyl (C=O) groups is 1. The summed E-state index contributed by atoms with van der Waals surface area (Å²) in [5.41, 5.74) is -2.42. The van der Waals surface area contributed by atoms with Crippen molar-refractivity contribution in [2.75, 3.05) is 6.61 Å². The van der Waals surface area contributed by atoms with Crippen LogP contribution in [0.4, 0.5) is 0 Å². The molecule has 1 unspecified atom stereocenters. The van der Waals surface area contributed by atoms with E-state index in [9.17, 15) is 25.2 Å². The molecular formula is C24H38O7. The molecule has 0 aromatic carbocycles. The number of aliphatic hydroxyl groups is 4. The first kappa shape index (κ1) is 23.2. The van der Waals surface area contributed by atoms with Gasteiger partial charge in [0.05, 0.1) is 30.5 Å². The summed E-state index contributed by atoms with van der Waals surface area (Å²) >= 11 is 0. The van der Waals surface area contributed by atoms with Gasteiger partial charge in [-0.05, 0) is 38.7 Å². The molecule has 10 atom stereocenters. The molecule has 31 heavy (non-hydrogen) atoms. The fourth-order valence-electron chi connectivity index (χ4n) is 8.30. The molecule has 3 fully saturated rings. The van der Waals surface area contributed by atoms with Crippen LogP contribution in [0.2, 0.25) is 0 Å². The van der Waals surface area contributed by atoms with Crippen molar-refractivity contribution in [3.63, 3.8) is 0 Å². The van der Waals surface area contributed by atoms with E-state index in [0.29, 0.717) is 6.42 Å². The topological polar surface area (TPSA) is 116 Å². The quantitative estimate of drug-likeness (QED) is 0.382. The molecule has 176 valence electrons. The molecule has 0 bridgehead atoms. The van der Waals surface area contributed by atoms with Crippen LogP contribution in [0.3, 0.4) is 0 Å². The average Bonchev–Trinajstić information content (AvgIpc) is 2.90. The molecule has 0 spiro atoms. The Labute approximate surface area is 184 Å². The fraction of sp³-hybridized carbons (Fsp3) is 0.875. The van der Waals surface area contributed by atoms with Crippen molar-refractivity contribution in [1.29, 1.82) is 0 Å². The van der Waals surface area contributed by atoms with E-state index in [1.165, 1.54) is 6.92 Å². The van der Waals surface area contributed by atoms with Crippen molar-refractivity contribution in [3.05, 3.63) is 11.1 Å². The second kappa shape index (κ2) is 6.76. The standard InChI is InChI=1S/C24H38O7/c1-11-15(26)9-23(21(5,6)29)13(3)19-22(7,20(28)12(2)18(11)23)16(27)8-17-24(19,10-30-17)31-14(4)25/h12-13,15-17,19-20,26-29H,8-10H2,1-7H3/t12-,13-,15-,16-,17?,19-,20-,22+,23+,24-/m0/s1. The third-order valence-electron chi connectivity index (χ3n) is 9.60. The van der Waals surface area contributed by atoms with Gasteiger partial charge in [0.15, 0.2) is 5.60 Å². The normalized spacial score (nSPS) is 51.9. The predicted molar refractivity (Wildman–Crippen MR) is 113 cm³/mol. The van der Waals surface area contributed by atoms with Gasteiger partial charge in [-0.1, -0.05) is 26.3 Å². The Balaban J connectivity index is 2.03. The van der Waals surface area contributed by atoms with E-state index in [1.54, 1.807) is 13.8 Å². The zero-order valence-corrected chi connectivity index (χ0v) is 19.7. The lowest BCUT2D eigenvalue weighted by atomic mass is 9.47. The van der Waals surface area contributed by atoms with Gasteiger partial charge in [-0.25, -0.2) is 0 Å². The molecule has 3 aliphatic carbocycles. The molecule has 0 radical (unpaired) electrons. The molecule has 2 saturated carbocycles.